The highest BCUT2D eigenvalue weighted by molar-refractivity contribution is 6.21. The van der Waals surface area contributed by atoms with Gasteiger partial charge in [0, 0.05) is 37.4 Å². The standard InChI is InChI=1S/C22H22N4O4/c1-25-20(28)17-8-7-16(13-18(17)21(25)29)23-19(27)14-9-11-26(12-10-14)22(30)24-15-5-3-2-4-6-15/h2-8,13-14H,9-12H2,1H3,(H,23,27)(H,24,30). The van der Waals surface area contributed by atoms with Crippen LogP contribution >= 0.6 is 0 Å². The van der Waals surface area contributed by atoms with Crippen molar-refractivity contribution < 1.29 is 19.2 Å². The summed E-state index contributed by atoms with van der Waals surface area (Å²) in [6, 6.07) is 13.8. The Labute approximate surface area is 173 Å². The third-order valence-electron chi connectivity index (χ3n) is 5.54. The maximum Gasteiger partial charge on any atom is 0.321 e. The molecule has 2 aliphatic rings. The number of benzene rings is 2. The number of rotatable bonds is 3. The summed E-state index contributed by atoms with van der Waals surface area (Å²) >= 11 is 0. The first-order chi connectivity index (χ1) is 14.4. The van der Waals surface area contributed by atoms with Crippen molar-refractivity contribution in [3.05, 3.63) is 59.7 Å². The predicted molar refractivity (Wildman–Crippen MR) is 111 cm³/mol. The van der Waals surface area contributed by atoms with Gasteiger partial charge in [0.2, 0.25) is 5.91 Å². The lowest BCUT2D eigenvalue weighted by molar-refractivity contribution is -0.121. The quantitative estimate of drug-likeness (QED) is 0.766. The van der Waals surface area contributed by atoms with Crippen molar-refractivity contribution in [1.29, 1.82) is 0 Å². The lowest BCUT2D eigenvalue weighted by Crippen LogP contribution is -2.43. The number of hydrogen-bond acceptors (Lipinski definition) is 4. The Morgan fingerprint density at radius 1 is 0.867 bits per heavy atom. The summed E-state index contributed by atoms with van der Waals surface area (Å²) in [7, 11) is 1.44. The van der Waals surface area contributed by atoms with E-state index >= 15 is 0 Å². The molecule has 8 heteroatoms. The molecule has 30 heavy (non-hydrogen) atoms. The number of carbonyl (C=O) groups is 4. The second kappa shape index (κ2) is 7.98. The van der Waals surface area contributed by atoms with Crippen molar-refractivity contribution in [2.24, 2.45) is 5.92 Å². The van der Waals surface area contributed by atoms with Crippen LogP contribution in [0.15, 0.2) is 48.5 Å². The van der Waals surface area contributed by atoms with Gasteiger partial charge >= 0.3 is 6.03 Å². The zero-order valence-corrected chi connectivity index (χ0v) is 16.6. The fourth-order valence-corrected chi connectivity index (χ4v) is 3.75. The molecule has 0 unspecified atom stereocenters. The maximum absolute atomic E-state index is 12.7. The number of likely N-dealkylation sites (tertiary alicyclic amines) is 1. The number of nitrogens with one attached hydrogen (secondary N) is 2. The van der Waals surface area contributed by atoms with Crippen LogP contribution in [0.2, 0.25) is 0 Å². The third-order valence-corrected chi connectivity index (χ3v) is 5.54. The number of piperidine rings is 1. The molecule has 2 aromatic rings. The van der Waals surface area contributed by atoms with Crippen molar-refractivity contribution in [2.75, 3.05) is 30.8 Å². The number of carbonyl (C=O) groups excluding carboxylic acids is 4. The minimum absolute atomic E-state index is 0.150. The molecular formula is C22H22N4O4. The molecule has 2 aliphatic heterocycles. The number of hydrogen-bond donors (Lipinski definition) is 2. The van der Waals surface area contributed by atoms with Crippen LogP contribution in [0.1, 0.15) is 33.6 Å². The van der Waals surface area contributed by atoms with Gasteiger partial charge in [0.25, 0.3) is 11.8 Å². The van der Waals surface area contributed by atoms with E-state index in [4.69, 9.17) is 0 Å². The Bertz CT molecular complexity index is 1010. The van der Waals surface area contributed by atoms with Crippen LogP contribution in [-0.4, -0.2) is 53.7 Å². The predicted octanol–water partition coefficient (Wildman–Crippen LogP) is 2.80. The maximum atomic E-state index is 12.7. The van der Waals surface area contributed by atoms with Gasteiger partial charge in [-0.25, -0.2) is 4.79 Å². The van der Waals surface area contributed by atoms with E-state index in [0.717, 1.165) is 10.6 Å². The summed E-state index contributed by atoms with van der Waals surface area (Å²) in [5, 5.41) is 5.69. The Kier molecular flexibility index (Phi) is 5.22. The van der Waals surface area contributed by atoms with Crippen LogP contribution in [0.3, 0.4) is 0 Å². The molecular weight excluding hydrogens is 384 g/mol. The van der Waals surface area contributed by atoms with Crippen LogP contribution in [0.4, 0.5) is 16.2 Å². The van der Waals surface area contributed by atoms with Crippen molar-refractivity contribution in [3.63, 3.8) is 0 Å². The molecule has 0 spiro atoms. The normalized spacial score (nSPS) is 16.4. The summed E-state index contributed by atoms with van der Waals surface area (Å²) in [4.78, 5) is 51.9. The second-order valence-electron chi connectivity index (χ2n) is 7.48. The van der Waals surface area contributed by atoms with Gasteiger partial charge in [-0.15, -0.1) is 0 Å². The lowest BCUT2D eigenvalue weighted by atomic mass is 9.96. The molecule has 0 saturated carbocycles. The number of amides is 5. The highest BCUT2D eigenvalue weighted by Gasteiger charge is 2.33. The van der Waals surface area contributed by atoms with Gasteiger partial charge in [-0.2, -0.15) is 0 Å². The number of nitrogens with zero attached hydrogens (tertiary/aromatic N) is 2. The van der Waals surface area contributed by atoms with Crippen LogP contribution < -0.4 is 10.6 Å². The molecule has 4 rings (SSSR count). The third kappa shape index (κ3) is 3.76. The Morgan fingerprint density at radius 3 is 2.23 bits per heavy atom. The monoisotopic (exact) mass is 406 g/mol. The van der Waals surface area contributed by atoms with E-state index in [0.29, 0.717) is 42.7 Å². The van der Waals surface area contributed by atoms with Gasteiger partial charge in [-0.3, -0.25) is 19.3 Å². The number of para-hydroxylation sites is 1. The Morgan fingerprint density at radius 2 is 1.53 bits per heavy atom. The zero-order valence-electron chi connectivity index (χ0n) is 16.6. The van der Waals surface area contributed by atoms with Crippen LogP contribution in [-0.2, 0) is 4.79 Å². The highest BCUT2D eigenvalue weighted by Crippen LogP contribution is 2.26. The molecule has 2 N–H and O–H groups in total. The molecule has 0 radical (unpaired) electrons. The van der Waals surface area contributed by atoms with Crippen molar-refractivity contribution >= 4 is 35.1 Å². The largest absolute Gasteiger partial charge is 0.326 e. The first-order valence-corrected chi connectivity index (χ1v) is 9.82. The van der Waals surface area contributed by atoms with Gasteiger partial charge in [0.1, 0.15) is 0 Å². The number of anilines is 2. The van der Waals surface area contributed by atoms with Crippen LogP contribution in [0, 0.1) is 5.92 Å². The molecule has 8 nitrogen and oxygen atoms in total. The minimum Gasteiger partial charge on any atom is -0.326 e. The van der Waals surface area contributed by atoms with Gasteiger partial charge in [0.05, 0.1) is 11.1 Å². The molecule has 1 fully saturated rings. The first-order valence-electron chi connectivity index (χ1n) is 9.82. The minimum atomic E-state index is -0.371. The van der Waals surface area contributed by atoms with Crippen molar-refractivity contribution in [2.45, 2.75) is 12.8 Å². The fraction of sp³-hybridized carbons (Fsp3) is 0.273. The van der Waals surface area contributed by atoms with E-state index in [1.54, 1.807) is 23.1 Å². The molecule has 5 amide bonds. The number of fused-ring (bicyclic) bond motifs is 1. The summed E-state index contributed by atoms with van der Waals surface area (Å²) in [6.45, 7) is 0.970. The van der Waals surface area contributed by atoms with E-state index in [2.05, 4.69) is 10.6 Å². The summed E-state index contributed by atoms with van der Waals surface area (Å²) in [5.74, 6) is -1.08. The summed E-state index contributed by atoms with van der Waals surface area (Å²) < 4.78 is 0. The van der Waals surface area contributed by atoms with Gasteiger partial charge in [0.15, 0.2) is 0 Å². The van der Waals surface area contributed by atoms with Crippen LogP contribution in [0.25, 0.3) is 0 Å². The average Bonchev–Trinajstić information content (AvgIpc) is 2.98. The molecule has 2 heterocycles. The second-order valence-corrected chi connectivity index (χ2v) is 7.48. The van der Waals surface area contributed by atoms with E-state index < -0.39 is 0 Å². The van der Waals surface area contributed by atoms with E-state index in [1.807, 2.05) is 30.3 Å². The van der Waals surface area contributed by atoms with Crippen molar-refractivity contribution in [1.82, 2.24) is 9.80 Å². The average molecular weight is 406 g/mol. The van der Waals surface area contributed by atoms with Gasteiger partial charge in [-0.05, 0) is 43.2 Å². The van der Waals surface area contributed by atoms with E-state index in [1.165, 1.54) is 7.05 Å². The summed E-state index contributed by atoms with van der Waals surface area (Å²) in [5.41, 5.74) is 1.86. The fourth-order valence-electron chi connectivity index (χ4n) is 3.75. The number of urea groups is 1. The van der Waals surface area contributed by atoms with E-state index in [9.17, 15) is 19.2 Å². The summed E-state index contributed by atoms with van der Waals surface area (Å²) in [6.07, 6.45) is 1.11. The topological polar surface area (TPSA) is 98.8 Å². The lowest BCUT2D eigenvalue weighted by Gasteiger charge is -2.31. The Hall–Kier alpha value is -3.68. The molecule has 0 aliphatic carbocycles. The Balaban J connectivity index is 1.33. The molecule has 154 valence electrons. The SMILES string of the molecule is CN1C(=O)c2ccc(NC(=O)C3CCN(C(=O)Nc4ccccc4)CC3)cc2C1=O. The molecule has 2 aromatic carbocycles. The van der Waals surface area contributed by atoms with Crippen LogP contribution in [0.5, 0.6) is 0 Å². The molecule has 0 atom stereocenters. The number of imide groups is 1. The smallest absolute Gasteiger partial charge is 0.321 e. The molecule has 0 bridgehead atoms. The molecule has 1 saturated heterocycles. The van der Waals surface area contributed by atoms with Gasteiger partial charge in [-0.1, -0.05) is 18.2 Å². The zero-order chi connectivity index (χ0) is 21.3. The van der Waals surface area contributed by atoms with Gasteiger partial charge < -0.3 is 15.5 Å². The highest BCUT2D eigenvalue weighted by atomic mass is 16.2. The molecule has 0 aromatic heterocycles. The first kappa shape index (κ1) is 19.6. The van der Waals surface area contributed by atoms with E-state index in [-0.39, 0.29) is 29.7 Å². The van der Waals surface area contributed by atoms with Crippen molar-refractivity contribution in [3.8, 4) is 0 Å².